The van der Waals surface area contributed by atoms with E-state index in [0.717, 1.165) is 33.2 Å². The summed E-state index contributed by atoms with van der Waals surface area (Å²) in [6.45, 7) is 0. The van der Waals surface area contributed by atoms with Gasteiger partial charge >= 0.3 is 0 Å². The number of aromatic nitrogens is 3. The lowest BCUT2D eigenvalue weighted by Crippen LogP contribution is -2.14. The minimum Gasteiger partial charge on any atom is -0.495 e. The molecule has 174 valence electrons. The summed E-state index contributed by atoms with van der Waals surface area (Å²) in [4.78, 5) is 12.9. The summed E-state index contributed by atoms with van der Waals surface area (Å²) in [6.07, 6.45) is 8.46. The van der Waals surface area contributed by atoms with Gasteiger partial charge in [0.25, 0.3) is 10.0 Å². The lowest BCUT2D eigenvalue weighted by molar-refractivity contribution is 0.403. The number of hydrogen-bond acceptors (Lipinski definition) is 6. The molecule has 0 aliphatic rings. The van der Waals surface area contributed by atoms with Gasteiger partial charge < -0.3 is 4.74 Å². The van der Waals surface area contributed by atoms with Crippen LogP contribution in [0.5, 0.6) is 5.75 Å². The molecule has 0 aliphatic carbocycles. The van der Waals surface area contributed by atoms with Gasteiger partial charge in [-0.1, -0.05) is 22.0 Å². The largest absolute Gasteiger partial charge is 0.495 e. The number of sulfonamides is 1. The molecule has 35 heavy (non-hydrogen) atoms. The Kier molecular flexibility index (Phi) is 6.19. The molecule has 1 N–H and O–H groups in total. The summed E-state index contributed by atoms with van der Waals surface area (Å²) in [5, 5.41) is 0.973. The molecule has 0 unspecified atom stereocenters. The Morgan fingerprint density at radius 3 is 2.46 bits per heavy atom. The van der Waals surface area contributed by atoms with Crippen LogP contribution in [0.2, 0.25) is 0 Å². The van der Waals surface area contributed by atoms with Gasteiger partial charge in [-0.2, -0.15) is 0 Å². The molecule has 0 aliphatic heterocycles. The van der Waals surface area contributed by atoms with Gasteiger partial charge in [0.1, 0.15) is 10.6 Å². The number of nitrogens with one attached hydrogen (secondary N) is 1. The maximum atomic E-state index is 13.1. The van der Waals surface area contributed by atoms with Crippen molar-refractivity contribution in [2.75, 3.05) is 11.8 Å². The second kappa shape index (κ2) is 9.44. The van der Waals surface area contributed by atoms with Crippen molar-refractivity contribution in [3.05, 3.63) is 96.1 Å². The molecule has 0 amide bonds. The fraction of sp³-hybridized carbons (Fsp3) is 0.0385. The molecule has 0 atom stereocenters. The molecule has 5 rings (SSSR count). The lowest BCUT2D eigenvalue weighted by atomic mass is 9.98. The van der Waals surface area contributed by atoms with Crippen LogP contribution in [0.15, 0.2) is 101 Å². The SMILES string of the molecule is COc1ccc(Br)cc1S(=O)(=O)Nc1cncc(-c2ccc3nccc(-c4ccncc4)c3c2)c1. The average Bonchev–Trinajstić information content (AvgIpc) is 2.88. The molecular weight excluding hydrogens is 528 g/mol. The number of hydrogen-bond donors (Lipinski definition) is 1. The number of anilines is 1. The van der Waals surface area contributed by atoms with E-state index in [1.165, 1.54) is 19.4 Å². The summed E-state index contributed by atoms with van der Waals surface area (Å²) in [6, 6.07) is 18.3. The number of halogens is 1. The zero-order valence-corrected chi connectivity index (χ0v) is 20.9. The van der Waals surface area contributed by atoms with Crippen molar-refractivity contribution in [2.45, 2.75) is 4.90 Å². The topological polar surface area (TPSA) is 94.1 Å². The Labute approximate surface area is 211 Å². The zero-order chi connectivity index (χ0) is 24.4. The van der Waals surface area contributed by atoms with E-state index in [2.05, 4.69) is 35.6 Å². The third-order valence-corrected chi connectivity index (χ3v) is 7.37. The Balaban J connectivity index is 1.53. The maximum absolute atomic E-state index is 13.1. The van der Waals surface area contributed by atoms with E-state index >= 15 is 0 Å². The van der Waals surface area contributed by atoms with Crippen molar-refractivity contribution in [3.8, 4) is 28.0 Å². The first-order valence-electron chi connectivity index (χ1n) is 10.6. The Hall–Kier alpha value is -3.82. The first kappa shape index (κ1) is 22.9. The van der Waals surface area contributed by atoms with E-state index in [0.29, 0.717) is 10.2 Å². The van der Waals surface area contributed by atoms with Crippen molar-refractivity contribution < 1.29 is 13.2 Å². The number of methoxy groups -OCH3 is 1. The van der Waals surface area contributed by atoms with Gasteiger partial charge in [-0.05, 0) is 71.3 Å². The van der Waals surface area contributed by atoms with Crippen molar-refractivity contribution in [2.24, 2.45) is 0 Å². The smallest absolute Gasteiger partial charge is 0.265 e. The number of pyridine rings is 3. The quantitative estimate of drug-likeness (QED) is 0.283. The van der Waals surface area contributed by atoms with Crippen molar-refractivity contribution in [1.29, 1.82) is 0 Å². The molecule has 0 saturated carbocycles. The molecule has 9 heteroatoms. The van der Waals surface area contributed by atoms with E-state index < -0.39 is 10.0 Å². The highest BCUT2D eigenvalue weighted by Gasteiger charge is 2.20. The summed E-state index contributed by atoms with van der Waals surface area (Å²) in [5.41, 5.74) is 4.91. The predicted molar refractivity (Wildman–Crippen MR) is 140 cm³/mol. The summed E-state index contributed by atoms with van der Waals surface area (Å²) < 4.78 is 34.7. The number of nitrogens with zero attached hydrogens (tertiary/aromatic N) is 3. The molecule has 3 aromatic heterocycles. The average molecular weight is 547 g/mol. The zero-order valence-electron chi connectivity index (χ0n) is 18.5. The molecule has 2 aromatic carbocycles. The van der Waals surface area contributed by atoms with Gasteiger partial charge in [0.05, 0.1) is 24.5 Å². The minimum atomic E-state index is -3.92. The van der Waals surface area contributed by atoms with Crippen molar-refractivity contribution in [3.63, 3.8) is 0 Å². The Morgan fingerprint density at radius 1 is 0.829 bits per heavy atom. The second-order valence-electron chi connectivity index (χ2n) is 7.69. The van der Waals surface area contributed by atoms with Crippen molar-refractivity contribution in [1.82, 2.24) is 15.0 Å². The van der Waals surface area contributed by atoms with Crippen LogP contribution in [0.1, 0.15) is 0 Å². The maximum Gasteiger partial charge on any atom is 0.265 e. The van der Waals surface area contributed by atoms with Crippen LogP contribution in [0.4, 0.5) is 5.69 Å². The van der Waals surface area contributed by atoms with Gasteiger partial charge in [0.2, 0.25) is 0 Å². The lowest BCUT2D eigenvalue weighted by Gasteiger charge is -2.13. The van der Waals surface area contributed by atoms with Crippen LogP contribution in [-0.2, 0) is 10.0 Å². The van der Waals surface area contributed by atoms with Gasteiger partial charge in [-0.3, -0.25) is 19.7 Å². The van der Waals surface area contributed by atoms with E-state index in [1.54, 1.807) is 43.0 Å². The fourth-order valence-electron chi connectivity index (χ4n) is 3.83. The first-order valence-corrected chi connectivity index (χ1v) is 12.8. The van der Waals surface area contributed by atoms with Gasteiger partial charge in [-0.25, -0.2) is 8.42 Å². The number of fused-ring (bicyclic) bond motifs is 1. The van der Waals surface area contributed by atoms with Gasteiger partial charge in [-0.15, -0.1) is 0 Å². The molecular formula is C26H19BrN4O3S. The standard InChI is InChI=1S/C26H19BrN4O3S/c1-34-25-5-3-20(27)14-26(25)35(32,33)31-21-12-19(15-29-16-21)18-2-4-24-23(13-18)22(8-11-30-24)17-6-9-28-10-7-17/h2-16,31H,1H3. The van der Waals surface area contributed by atoms with Gasteiger partial charge in [0, 0.05) is 40.2 Å². The summed E-state index contributed by atoms with van der Waals surface area (Å²) in [5.74, 6) is 0.246. The molecule has 0 bridgehead atoms. The Bertz CT molecular complexity index is 1640. The highest BCUT2D eigenvalue weighted by Crippen LogP contribution is 2.33. The minimum absolute atomic E-state index is 0.0264. The summed E-state index contributed by atoms with van der Waals surface area (Å²) >= 11 is 3.32. The normalized spacial score (nSPS) is 11.4. The number of ether oxygens (including phenoxy) is 1. The summed E-state index contributed by atoms with van der Waals surface area (Å²) in [7, 11) is -2.49. The van der Waals surface area contributed by atoms with Crippen molar-refractivity contribution >= 4 is 42.5 Å². The predicted octanol–water partition coefficient (Wildman–Crippen LogP) is 5.93. The van der Waals surface area contributed by atoms with Crippen LogP contribution in [0.25, 0.3) is 33.2 Å². The van der Waals surface area contributed by atoms with Crippen LogP contribution in [0, 0.1) is 0 Å². The highest BCUT2D eigenvalue weighted by atomic mass is 79.9. The van der Waals surface area contributed by atoms with Crippen LogP contribution < -0.4 is 9.46 Å². The third-order valence-electron chi connectivity index (χ3n) is 5.47. The third kappa shape index (κ3) is 4.73. The number of benzene rings is 2. The van der Waals surface area contributed by atoms with Crippen LogP contribution in [-0.4, -0.2) is 30.5 Å². The van der Waals surface area contributed by atoms with Crippen LogP contribution >= 0.6 is 15.9 Å². The van der Waals surface area contributed by atoms with E-state index in [9.17, 15) is 8.42 Å². The monoisotopic (exact) mass is 546 g/mol. The first-order chi connectivity index (χ1) is 16.9. The van der Waals surface area contributed by atoms with E-state index in [-0.39, 0.29) is 10.6 Å². The fourth-order valence-corrected chi connectivity index (χ4v) is 5.58. The number of rotatable bonds is 6. The molecule has 0 fully saturated rings. The Morgan fingerprint density at radius 2 is 1.66 bits per heavy atom. The van der Waals surface area contributed by atoms with Crippen LogP contribution in [0.3, 0.4) is 0 Å². The van der Waals surface area contributed by atoms with Gasteiger partial charge in [0.15, 0.2) is 0 Å². The molecule has 5 aromatic rings. The van der Waals surface area contributed by atoms with E-state index in [4.69, 9.17) is 4.74 Å². The molecule has 3 heterocycles. The molecule has 0 saturated heterocycles. The molecule has 0 spiro atoms. The van der Waals surface area contributed by atoms with E-state index in [1.807, 2.05) is 36.4 Å². The molecule has 7 nitrogen and oxygen atoms in total. The second-order valence-corrected chi connectivity index (χ2v) is 10.3. The highest BCUT2D eigenvalue weighted by molar-refractivity contribution is 9.10. The molecule has 0 radical (unpaired) electrons.